The lowest BCUT2D eigenvalue weighted by Crippen LogP contribution is -2.14. The van der Waals surface area contributed by atoms with Crippen LogP contribution in [0.4, 0.5) is 14.5 Å². The van der Waals surface area contributed by atoms with E-state index in [4.69, 9.17) is 9.47 Å². The highest BCUT2D eigenvalue weighted by Gasteiger charge is 2.12. The predicted molar refractivity (Wildman–Crippen MR) is 114 cm³/mol. The molecular formula is C21H16BrF2N5O3. The van der Waals surface area contributed by atoms with Gasteiger partial charge in [0, 0.05) is 16.7 Å². The Morgan fingerprint density at radius 1 is 1.03 bits per heavy atom. The number of aromatic nitrogens is 4. The zero-order valence-electron chi connectivity index (χ0n) is 16.4. The Hall–Kier alpha value is -3.73. The molecule has 0 aliphatic rings. The van der Waals surface area contributed by atoms with Crippen molar-refractivity contribution in [1.29, 1.82) is 0 Å². The largest absolute Gasteiger partial charge is 0.471 e. The number of halogens is 3. The number of ether oxygens (including phenoxy) is 2. The van der Waals surface area contributed by atoms with Gasteiger partial charge in [-0.2, -0.15) is 10.2 Å². The van der Waals surface area contributed by atoms with Crippen LogP contribution >= 0.6 is 15.9 Å². The van der Waals surface area contributed by atoms with Crippen LogP contribution in [0.5, 0.6) is 11.5 Å². The highest BCUT2D eigenvalue weighted by Crippen LogP contribution is 2.18. The summed E-state index contributed by atoms with van der Waals surface area (Å²) in [6.45, 7) is 0.0184. The third kappa shape index (κ3) is 5.49. The number of nitrogens with one attached hydrogen (secondary N) is 1. The fraction of sp³-hybridized carbons (Fsp3) is 0.0952. The number of carbonyl (C=O) groups excluding carboxylic acids is 1. The van der Waals surface area contributed by atoms with E-state index < -0.39 is 17.5 Å². The second-order valence-corrected chi connectivity index (χ2v) is 7.45. The molecule has 0 saturated heterocycles. The molecule has 0 saturated carbocycles. The first-order valence-electron chi connectivity index (χ1n) is 9.30. The maximum absolute atomic E-state index is 13.6. The Kier molecular flexibility index (Phi) is 6.45. The van der Waals surface area contributed by atoms with Gasteiger partial charge in [-0.3, -0.25) is 4.79 Å². The highest BCUT2D eigenvalue weighted by molar-refractivity contribution is 9.10. The van der Waals surface area contributed by atoms with Crippen LogP contribution in [0.3, 0.4) is 0 Å². The summed E-state index contributed by atoms with van der Waals surface area (Å²) >= 11 is 3.36. The molecule has 0 fully saturated rings. The van der Waals surface area contributed by atoms with Gasteiger partial charge in [-0.1, -0.05) is 15.9 Å². The van der Waals surface area contributed by atoms with Crippen molar-refractivity contribution in [2.45, 2.75) is 13.5 Å². The van der Waals surface area contributed by atoms with Crippen molar-refractivity contribution in [2.24, 2.45) is 0 Å². The number of benzene rings is 2. The molecule has 0 radical (unpaired) electrons. The molecular weight excluding hydrogens is 488 g/mol. The van der Waals surface area contributed by atoms with E-state index in [1.54, 1.807) is 6.20 Å². The maximum Gasteiger partial charge on any atom is 0.276 e. The molecule has 0 aliphatic carbocycles. The minimum Gasteiger partial charge on any atom is -0.471 e. The van der Waals surface area contributed by atoms with Gasteiger partial charge < -0.3 is 14.8 Å². The lowest BCUT2D eigenvalue weighted by Gasteiger charge is -2.07. The Labute approximate surface area is 189 Å². The molecule has 1 amide bonds. The third-order valence-electron chi connectivity index (χ3n) is 4.19. The Morgan fingerprint density at radius 2 is 1.81 bits per heavy atom. The molecule has 2 aromatic carbocycles. The molecule has 2 heterocycles. The van der Waals surface area contributed by atoms with Crippen molar-refractivity contribution in [2.75, 3.05) is 5.32 Å². The Bertz CT molecular complexity index is 1230. The standard InChI is InChI=1S/C21H16BrF2N5O3/c22-14-1-4-17(5-2-14)31-13-29-11-16(10-25-29)26-21(30)19-7-8-28(27-19)12-32-20-6-3-15(23)9-18(20)24/h1-11H,12-13H2,(H,26,30). The summed E-state index contributed by atoms with van der Waals surface area (Å²) in [5, 5.41) is 10.9. The SMILES string of the molecule is O=C(Nc1cnn(COc2ccc(Br)cc2)c1)c1ccn(COc2ccc(F)cc2F)n1. The summed E-state index contributed by atoms with van der Waals surface area (Å²) in [4.78, 5) is 12.4. The summed E-state index contributed by atoms with van der Waals surface area (Å²) < 4.78 is 41.2. The lowest BCUT2D eigenvalue weighted by atomic mass is 10.3. The number of anilines is 1. The number of rotatable bonds is 8. The van der Waals surface area contributed by atoms with Crippen molar-refractivity contribution < 1.29 is 23.0 Å². The lowest BCUT2D eigenvalue weighted by molar-refractivity contribution is 0.102. The van der Waals surface area contributed by atoms with E-state index in [-0.39, 0.29) is 24.9 Å². The zero-order chi connectivity index (χ0) is 22.5. The van der Waals surface area contributed by atoms with Crippen LogP contribution in [0.25, 0.3) is 0 Å². The van der Waals surface area contributed by atoms with Gasteiger partial charge in [0.1, 0.15) is 11.6 Å². The molecule has 11 heteroatoms. The molecule has 0 atom stereocenters. The molecule has 1 N–H and O–H groups in total. The second kappa shape index (κ2) is 9.60. The van der Waals surface area contributed by atoms with E-state index in [0.29, 0.717) is 11.4 Å². The van der Waals surface area contributed by atoms with E-state index in [2.05, 4.69) is 31.4 Å². The average molecular weight is 504 g/mol. The van der Waals surface area contributed by atoms with E-state index >= 15 is 0 Å². The Morgan fingerprint density at radius 3 is 2.59 bits per heavy atom. The molecule has 0 unspecified atom stereocenters. The number of hydrogen-bond donors (Lipinski definition) is 1. The maximum atomic E-state index is 13.6. The van der Waals surface area contributed by atoms with Gasteiger partial charge in [0.25, 0.3) is 5.91 Å². The minimum atomic E-state index is -0.823. The molecule has 2 aromatic heterocycles. The summed E-state index contributed by atoms with van der Waals surface area (Å²) in [7, 11) is 0. The molecule has 164 valence electrons. The molecule has 32 heavy (non-hydrogen) atoms. The first kappa shape index (κ1) is 21.5. The van der Waals surface area contributed by atoms with Gasteiger partial charge >= 0.3 is 0 Å². The number of hydrogen-bond acceptors (Lipinski definition) is 5. The van der Waals surface area contributed by atoms with Gasteiger partial charge in [-0.15, -0.1) is 0 Å². The minimum absolute atomic E-state index is 0.120. The van der Waals surface area contributed by atoms with Crippen molar-refractivity contribution in [1.82, 2.24) is 19.6 Å². The molecule has 0 bridgehead atoms. The number of carbonyl (C=O) groups is 1. The molecule has 0 aliphatic heterocycles. The van der Waals surface area contributed by atoms with E-state index in [9.17, 15) is 13.6 Å². The van der Waals surface area contributed by atoms with Crippen LogP contribution in [0.2, 0.25) is 0 Å². The topological polar surface area (TPSA) is 83.2 Å². The number of amides is 1. The van der Waals surface area contributed by atoms with Crippen LogP contribution < -0.4 is 14.8 Å². The summed E-state index contributed by atoms with van der Waals surface area (Å²) in [6, 6.07) is 11.9. The zero-order valence-corrected chi connectivity index (χ0v) is 18.0. The van der Waals surface area contributed by atoms with Crippen LogP contribution in [0.1, 0.15) is 10.5 Å². The van der Waals surface area contributed by atoms with Gasteiger partial charge in [0.15, 0.2) is 30.7 Å². The van der Waals surface area contributed by atoms with Crippen molar-refractivity contribution in [3.8, 4) is 11.5 Å². The quantitative estimate of drug-likeness (QED) is 0.384. The first-order valence-corrected chi connectivity index (χ1v) is 10.1. The van der Waals surface area contributed by atoms with Crippen molar-refractivity contribution >= 4 is 27.5 Å². The van der Waals surface area contributed by atoms with Gasteiger partial charge in [-0.05, 0) is 42.5 Å². The fourth-order valence-electron chi connectivity index (χ4n) is 2.65. The molecule has 4 rings (SSSR count). The van der Waals surface area contributed by atoms with Crippen LogP contribution in [0.15, 0.2) is 71.6 Å². The Balaban J connectivity index is 1.29. The van der Waals surface area contributed by atoms with Crippen molar-refractivity contribution in [3.05, 3.63) is 88.9 Å². The van der Waals surface area contributed by atoms with E-state index in [1.807, 2.05) is 24.3 Å². The van der Waals surface area contributed by atoms with E-state index in [0.717, 1.165) is 16.6 Å². The van der Waals surface area contributed by atoms with Gasteiger partial charge in [-0.25, -0.2) is 18.1 Å². The average Bonchev–Trinajstić information content (AvgIpc) is 3.42. The normalized spacial score (nSPS) is 10.7. The number of nitrogens with zero attached hydrogens (tertiary/aromatic N) is 4. The fourth-order valence-corrected chi connectivity index (χ4v) is 2.91. The molecule has 0 spiro atoms. The van der Waals surface area contributed by atoms with Crippen LogP contribution in [0, 0.1) is 11.6 Å². The van der Waals surface area contributed by atoms with Gasteiger partial charge in [0.05, 0.1) is 18.1 Å². The van der Waals surface area contributed by atoms with E-state index in [1.165, 1.54) is 33.9 Å². The molecule has 8 nitrogen and oxygen atoms in total. The van der Waals surface area contributed by atoms with Crippen LogP contribution in [-0.4, -0.2) is 25.5 Å². The second-order valence-electron chi connectivity index (χ2n) is 6.54. The highest BCUT2D eigenvalue weighted by atomic mass is 79.9. The first-order chi connectivity index (χ1) is 15.5. The smallest absolute Gasteiger partial charge is 0.276 e. The van der Waals surface area contributed by atoms with Crippen LogP contribution in [-0.2, 0) is 13.5 Å². The predicted octanol–water partition coefficient (Wildman–Crippen LogP) is 4.45. The summed E-state index contributed by atoms with van der Waals surface area (Å²) in [5.74, 6) is -1.41. The summed E-state index contributed by atoms with van der Waals surface area (Å²) in [5.41, 5.74) is 0.598. The summed E-state index contributed by atoms with van der Waals surface area (Å²) in [6.07, 6.45) is 4.61. The van der Waals surface area contributed by atoms with Gasteiger partial charge in [0.2, 0.25) is 0 Å². The van der Waals surface area contributed by atoms with Crippen molar-refractivity contribution in [3.63, 3.8) is 0 Å². The third-order valence-corrected chi connectivity index (χ3v) is 4.72. The monoisotopic (exact) mass is 503 g/mol. The molecule has 4 aromatic rings.